The van der Waals surface area contributed by atoms with Crippen molar-refractivity contribution in [2.24, 2.45) is 0 Å². The molecule has 0 radical (unpaired) electrons. The van der Waals surface area contributed by atoms with Crippen LogP contribution in [0.5, 0.6) is 0 Å². The summed E-state index contributed by atoms with van der Waals surface area (Å²) in [6, 6.07) is 1.81. The third kappa shape index (κ3) is 2.75. The maximum atomic E-state index is 13.8. The molecule has 126 valence electrons. The van der Waals surface area contributed by atoms with E-state index in [1.165, 1.54) is 11.3 Å². The summed E-state index contributed by atoms with van der Waals surface area (Å²) >= 11 is 1.22. The molecule has 0 bridgehead atoms. The molecule has 4 nitrogen and oxygen atoms in total. The van der Waals surface area contributed by atoms with Crippen LogP contribution in [0.2, 0.25) is 0 Å². The van der Waals surface area contributed by atoms with Gasteiger partial charge in [0.15, 0.2) is 23.3 Å². The Morgan fingerprint density at radius 1 is 1.17 bits per heavy atom. The lowest BCUT2D eigenvalue weighted by Crippen LogP contribution is -2.36. The largest absolute Gasteiger partial charge is 0.333 e. The maximum absolute atomic E-state index is 13.8. The molecule has 0 unspecified atom stereocenters. The third-order valence-corrected chi connectivity index (χ3v) is 4.79. The molecule has 0 saturated carbocycles. The summed E-state index contributed by atoms with van der Waals surface area (Å²) in [7, 11) is 0. The van der Waals surface area contributed by atoms with Crippen molar-refractivity contribution in [2.45, 2.75) is 13.0 Å². The molecule has 24 heavy (non-hydrogen) atoms. The van der Waals surface area contributed by atoms with E-state index in [9.17, 15) is 27.2 Å². The van der Waals surface area contributed by atoms with Gasteiger partial charge in [-0.25, -0.2) is 17.6 Å². The van der Waals surface area contributed by atoms with Gasteiger partial charge in [-0.1, -0.05) is 0 Å². The van der Waals surface area contributed by atoms with Gasteiger partial charge in [-0.15, -0.1) is 11.3 Å². The highest BCUT2D eigenvalue weighted by atomic mass is 32.1. The number of anilines is 1. The number of fused-ring (bicyclic) bond motifs is 1. The van der Waals surface area contributed by atoms with Crippen molar-refractivity contribution in [3.63, 3.8) is 0 Å². The van der Waals surface area contributed by atoms with E-state index in [2.05, 4.69) is 5.32 Å². The summed E-state index contributed by atoms with van der Waals surface area (Å²) < 4.78 is 54.1. The smallest absolute Gasteiger partial charge is 0.260 e. The second-order valence-electron chi connectivity index (χ2n) is 5.14. The predicted octanol–water partition coefficient (Wildman–Crippen LogP) is 3.07. The minimum atomic E-state index is -1.71. The molecule has 0 spiro atoms. The summed E-state index contributed by atoms with van der Waals surface area (Å²) in [6.45, 7) is 0.177. The van der Waals surface area contributed by atoms with Crippen molar-refractivity contribution < 1.29 is 27.2 Å². The molecule has 0 atom stereocenters. The number of nitrogens with zero attached hydrogens (tertiary/aromatic N) is 1. The van der Waals surface area contributed by atoms with E-state index < -0.39 is 34.7 Å². The van der Waals surface area contributed by atoms with Crippen LogP contribution >= 0.6 is 11.3 Å². The molecule has 1 aromatic carbocycles. The first kappa shape index (κ1) is 16.4. The van der Waals surface area contributed by atoms with Gasteiger partial charge in [-0.2, -0.15) is 0 Å². The first-order valence-corrected chi connectivity index (χ1v) is 7.68. The number of halogens is 4. The SMILES string of the molecule is O=CNc1cc2c(s1)CN(C(=O)c1c(F)c(F)cc(F)c1F)CC2. The standard InChI is InChI=1S/C15H10F4N2O2S/c16-8-4-9(17)14(19)12(13(8)18)15(23)21-2-1-7-3-11(20-6-22)24-10(7)5-21/h3-4,6H,1-2,5H2,(H,20,22). The van der Waals surface area contributed by atoms with Gasteiger partial charge in [0.2, 0.25) is 6.41 Å². The van der Waals surface area contributed by atoms with E-state index in [-0.39, 0.29) is 19.2 Å². The van der Waals surface area contributed by atoms with E-state index in [0.717, 1.165) is 15.3 Å². The van der Waals surface area contributed by atoms with Crippen LogP contribution < -0.4 is 5.32 Å². The molecule has 2 amide bonds. The van der Waals surface area contributed by atoms with Gasteiger partial charge in [0.25, 0.3) is 5.91 Å². The number of carbonyl (C=O) groups is 2. The topological polar surface area (TPSA) is 49.4 Å². The van der Waals surface area contributed by atoms with Crippen LogP contribution in [-0.4, -0.2) is 23.8 Å². The normalized spacial score (nSPS) is 13.6. The summed E-state index contributed by atoms with van der Waals surface area (Å²) in [6.07, 6.45) is 0.916. The van der Waals surface area contributed by atoms with Crippen LogP contribution in [0, 0.1) is 23.3 Å². The van der Waals surface area contributed by atoms with Gasteiger partial charge >= 0.3 is 0 Å². The van der Waals surface area contributed by atoms with E-state index in [0.29, 0.717) is 17.8 Å². The average Bonchev–Trinajstić information content (AvgIpc) is 2.95. The molecule has 0 fully saturated rings. The second-order valence-corrected chi connectivity index (χ2v) is 6.28. The lowest BCUT2D eigenvalue weighted by Gasteiger charge is -2.27. The number of amides is 2. The summed E-state index contributed by atoms with van der Waals surface area (Å²) in [5.41, 5.74) is -0.335. The van der Waals surface area contributed by atoms with Crippen LogP contribution in [0.1, 0.15) is 20.8 Å². The first-order valence-electron chi connectivity index (χ1n) is 6.86. The average molecular weight is 358 g/mol. The highest BCUT2D eigenvalue weighted by Crippen LogP contribution is 2.32. The van der Waals surface area contributed by atoms with Crippen LogP contribution in [0.3, 0.4) is 0 Å². The Morgan fingerprint density at radius 3 is 2.46 bits per heavy atom. The predicted molar refractivity (Wildman–Crippen MR) is 78.7 cm³/mol. The number of rotatable bonds is 3. The molecule has 0 saturated heterocycles. The quantitative estimate of drug-likeness (QED) is 0.521. The van der Waals surface area contributed by atoms with Gasteiger partial charge in [-0.3, -0.25) is 9.59 Å². The summed E-state index contributed by atoms with van der Waals surface area (Å²) in [5.74, 6) is -7.78. The van der Waals surface area contributed by atoms with E-state index in [4.69, 9.17) is 0 Å². The van der Waals surface area contributed by atoms with Crippen LogP contribution in [-0.2, 0) is 17.8 Å². The van der Waals surface area contributed by atoms with E-state index in [1.807, 2.05) is 0 Å². The monoisotopic (exact) mass is 358 g/mol. The number of hydrogen-bond donors (Lipinski definition) is 1. The molecule has 0 aliphatic carbocycles. The Hall–Kier alpha value is -2.42. The lowest BCUT2D eigenvalue weighted by molar-refractivity contribution is -0.105. The molecule has 1 aliphatic heterocycles. The van der Waals surface area contributed by atoms with Gasteiger partial charge in [0.05, 0.1) is 11.5 Å². The molecular formula is C15H10F4N2O2S. The lowest BCUT2D eigenvalue weighted by atomic mass is 10.1. The Morgan fingerprint density at radius 2 is 1.83 bits per heavy atom. The molecule has 2 heterocycles. The zero-order valence-electron chi connectivity index (χ0n) is 12.0. The molecule has 1 aliphatic rings. The fourth-order valence-electron chi connectivity index (χ4n) is 2.54. The van der Waals surface area contributed by atoms with E-state index in [1.54, 1.807) is 6.07 Å². The minimum absolute atomic E-state index is 0.0381. The fraction of sp³-hybridized carbons (Fsp3) is 0.200. The van der Waals surface area contributed by atoms with Crippen molar-refractivity contribution in [3.8, 4) is 0 Å². The first-order chi connectivity index (χ1) is 11.4. The summed E-state index contributed by atoms with van der Waals surface area (Å²) in [5, 5.41) is 3.07. The Kier molecular flexibility index (Phi) is 4.27. The van der Waals surface area contributed by atoms with Gasteiger partial charge in [-0.05, 0) is 18.1 Å². The van der Waals surface area contributed by atoms with Crippen molar-refractivity contribution in [2.75, 3.05) is 11.9 Å². The summed E-state index contributed by atoms with van der Waals surface area (Å²) in [4.78, 5) is 24.6. The van der Waals surface area contributed by atoms with Crippen molar-refractivity contribution in [1.29, 1.82) is 0 Å². The molecule has 1 N–H and O–H groups in total. The minimum Gasteiger partial charge on any atom is -0.333 e. The number of benzene rings is 1. The van der Waals surface area contributed by atoms with Crippen molar-refractivity contribution in [3.05, 3.63) is 51.4 Å². The number of carbonyl (C=O) groups excluding carboxylic acids is 2. The van der Waals surface area contributed by atoms with Crippen LogP contribution in [0.25, 0.3) is 0 Å². The number of hydrogen-bond acceptors (Lipinski definition) is 3. The second kappa shape index (κ2) is 6.23. The Balaban J connectivity index is 1.91. The fourth-order valence-corrected chi connectivity index (χ4v) is 3.63. The Bertz CT molecular complexity index is 811. The highest BCUT2D eigenvalue weighted by molar-refractivity contribution is 7.16. The van der Waals surface area contributed by atoms with Gasteiger partial charge in [0, 0.05) is 17.5 Å². The molecule has 9 heteroatoms. The maximum Gasteiger partial charge on any atom is 0.260 e. The van der Waals surface area contributed by atoms with Crippen molar-refractivity contribution >= 4 is 28.7 Å². The zero-order valence-corrected chi connectivity index (χ0v) is 12.9. The Labute approximate surface area is 137 Å². The molecule has 1 aromatic heterocycles. The highest BCUT2D eigenvalue weighted by Gasteiger charge is 2.30. The van der Waals surface area contributed by atoms with Gasteiger partial charge in [0.1, 0.15) is 5.56 Å². The van der Waals surface area contributed by atoms with E-state index >= 15 is 0 Å². The zero-order chi connectivity index (χ0) is 17.4. The van der Waals surface area contributed by atoms with Crippen molar-refractivity contribution in [1.82, 2.24) is 4.90 Å². The molecule has 3 rings (SSSR count). The third-order valence-electron chi connectivity index (χ3n) is 3.70. The number of thiophene rings is 1. The molecular weight excluding hydrogens is 348 g/mol. The number of nitrogens with one attached hydrogen (secondary N) is 1. The van der Waals surface area contributed by atoms with Crippen LogP contribution in [0.4, 0.5) is 22.6 Å². The molecule has 2 aromatic rings. The van der Waals surface area contributed by atoms with Crippen LogP contribution in [0.15, 0.2) is 12.1 Å². The van der Waals surface area contributed by atoms with Gasteiger partial charge < -0.3 is 10.2 Å².